The third-order valence-electron chi connectivity index (χ3n) is 3.40. The zero-order valence-corrected chi connectivity index (χ0v) is 12.3. The van der Waals surface area contributed by atoms with Gasteiger partial charge in [-0.1, -0.05) is 11.6 Å². The molecule has 21 heavy (non-hydrogen) atoms. The van der Waals surface area contributed by atoms with E-state index >= 15 is 0 Å². The molecule has 1 aliphatic heterocycles. The lowest BCUT2D eigenvalue weighted by molar-refractivity contribution is 0.0951. The second-order valence-electron chi connectivity index (χ2n) is 4.95. The maximum Gasteiger partial charge on any atom is 0.252 e. The van der Waals surface area contributed by atoms with E-state index in [0.29, 0.717) is 6.54 Å². The normalized spacial score (nSPS) is 16.0. The highest BCUT2D eigenvalue weighted by Crippen LogP contribution is 2.19. The number of carbonyl (C=O) groups excluding carboxylic acids is 1. The molecular formula is C14H18ClF2N3O. The summed E-state index contributed by atoms with van der Waals surface area (Å²) in [5.41, 5.74) is -0.0438. The standard InChI is InChI=1S/C14H18ClF2N3O/c15-11-9-13(17)12(16)8-10(11)14(21)19-2-1-5-20-6-3-18-4-7-20/h8-9,18H,1-7H2,(H,19,21). The Hall–Kier alpha value is -1.24. The zero-order valence-electron chi connectivity index (χ0n) is 11.6. The smallest absolute Gasteiger partial charge is 0.252 e. The third kappa shape index (κ3) is 4.62. The van der Waals surface area contributed by atoms with Crippen molar-refractivity contribution < 1.29 is 13.6 Å². The number of nitrogens with one attached hydrogen (secondary N) is 2. The van der Waals surface area contributed by atoms with Crippen molar-refractivity contribution in [2.24, 2.45) is 0 Å². The largest absolute Gasteiger partial charge is 0.352 e. The van der Waals surface area contributed by atoms with E-state index in [4.69, 9.17) is 11.6 Å². The first-order chi connectivity index (χ1) is 10.1. The summed E-state index contributed by atoms with van der Waals surface area (Å²) < 4.78 is 26.1. The number of piperazine rings is 1. The lowest BCUT2D eigenvalue weighted by atomic mass is 10.2. The highest BCUT2D eigenvalue weighted by molar-refractivity contribution is 6.33. The van der Waals surface area contributed by atoms with Crippen molar-refractivity contribution >= 4 is 17.5 Å². The van der Waals surface area contributed by atoms with Gasteiger partial charge in [0, 0.05) is 32.7 Å². The molecule has 7 heteroatoms. The Morgan fingerprint density at radius 2 is 1.95 bits per heavy atom. The lowest BCUT2D eigenvalue weighted by Gasteiger charge is -2.27. The van der Waals surface area contributed by atoms with Crippen LogP contribution in [0.25, 0.3) is 0 Å². The average molecular weight is 318 g/mol. The van der Waals surface area contributed by atoms with Crippen LogP contribution < -0.4 is 10.6 Å². The summed E-state index contributed by atoms with van der Waals surface area (Å²) in [7, 11) is 0. The van der Waals surface area contributed by atoms with Crippen LogP contribution in [-0.4, -0.2) is 50.1 Å². The van der Waals surface area contributed by atoms with Gasteiger partial charge in [-0.3, -0.25) is 4.79 Å². The van der Waals surface area contributed by atoms with Crippen LogP contribution in [0.5, 0.6) is 0 Å². The molecule has 2 N–H and O–H groups in total. The van der Waals surface area contributed by atoms with Gasteiger partial charge < -0.3 is 15.5 Å². The van der Waals surface area contributed by atoms with Crippen LogP contribution in [0.4, 0.5) is 8.78 Å². The molecule has 1 heterocycles. The molecular weight excluding hydrogens is 300 g/mol. The SMILES string of the molecule is O=C(NCCCN1CCNCC1)c1cc(F)c(F)cc1Cl. The lowest BCUT2D eigenvalue weighted by Crippen LogP contribution is -2.44. The first kappa shape index (κ1) is 16.1. The minimum absolute atomic E-state index is 0.0438. The Balaban J connectivity index is 1.78. The molecule has 1 aromatic rings. The minimum atomic E-state index is -1.08. The fourth-order valence-corrected chi connectivity index (χ4v) is 2.47. The van der Waals surface area contributed by atoms with Gasteiger partial charge in [-0.25, -0.2) is 8.78 Å². The summed E-state index contributed by atoms with van der Waals surface area (Å²) in [5.74, 6) is -2.63. The van der Waals surface area contributed by atoms with Crippen molar-refractivity contribution in [1.29, 1.82) is 0 Å². The number of hydrogen-bond acceptors (Lipinski definition) is 3. The molecule has 4 nitrogen and oxygen atoms in total. The molecule has 1 fully saturated rings. The van der Waals surface area contributed by atoms with Crippen LogP contribution in [0.15, 0.2) is 12.1 Å². The molecule has 116 valence electrons. The van der Waals surface area contributed by atoms with Crippen LogP contribution in [0.1, 0.15) is 16.8 Å². The van der Waals surface area contributed by atoms with Crippen molar-refractivity contribution in [2.45, 2.75) is 6.42 Å². The minimum Gasteiger partial charge on any atom is -0.352 e. The van der Waals surface area contributed by atoms with E-state index in [0.717, 1.165) is 51.3 Å². The number of halogens is 3. The molecule has 0 saturated carbocycles. The fourth-order valence-electron chi connectivity index (χ4n) is 2.23. The first-order valence-electron chi connectivity index (χ1n) is 6.94. The van der Waals surface area contributed by atoms with E-state index in [1.165, 1.54) is 0 Å². The Bertz CT molecular complexity index is 507. The molecule has 1 aromatic carbocycles. The molecule has 0 aromatic heterocycles. The first-order valence-corrected chi connectivity index (χ1v) is 7.31. The summed E-state index contributed by atoms with van der Waals surface area (Å²) in [6, 6.07) is 1.63. The quantitative estimate of drug-likeness (QED) is 0.641. The third-order valence-corrected chi connectivity index (χ3v) is 3.71. The molecule has 1 saturated heterocycles. The number of hydrogen-bond donors (Lipinski definition) is 2. The maximum atomic E-state index is 13.1. The summed E-state index contributed by atoms with van der Waals surface area (Å²) in [6.45, 7) is 5.34. The summed E-state index contributed by atoms with van der Waals surface area (Å²) in [4.78, 5) is 14.2. The number of carbonyl (C=O) groups is 1. The van der Waals surface area contributed by atoms with E-state index in [1.807, 2.05) is 0 Å². The number of benzene rings is 1. The molecule has 0 aliphatic carbocycles. The molecule has 2 rings (SSSR count). The Morgan fingerprint density at radius 1 is 1.29 bits per heavy atom. The maximum absolute atomic E-state index is 13.1. The van der Waals surface area contributed by atoms with Crippen LogP contribution >= 0.6 is 11.6 Å². The van der Waals surface area contributed by atoms with E-state index < -0.39 is 17.5 Å². The summed E-state index contributed by atoms with van der Waals surface area (Å²) in [5, 5.41) is 5.85. The Morgan fingerprint density at radius 3 is 2.67 bits per heavy atom. The van der Waals surface area contributed by atoms with Crippen LogP contribution in [-0.2, 0) is 0 Å². The van der Waals surface area contributed by atoms with Crippen molar-refractivity contribution in [3.05, 3.63) is 34.4 Å². The molecule has 0 atom stereocenters. The van der Waals surface area contributed by atoms with Gasteiger partial charge >= 0.3 is 0 Å². The second kappa shape index (κ2) is 7.68. The Labute approximate surface area is 127 Å². The molecule has 0 unspecified atom stereocenters. The number of amides is 1. The topological polar surface area (TPSA) is 44.4 Å². The average Bonchev–Trinajstić information content (AvgIpc) is 2.48. The van der Waals surface area contributed by atoms with Gasteiger partial charge in [-0.2, -0.15) is 0 Å². The van der Waals surface area contributed by atoms with Crippen molar-refractivity contribution in [2.75, 3.05) is 39.3 Å². The number of nitrogens with zero attached hydrogens (tertiary/aromatic N) is 1. The zero-order chi connectivity index (χ0) is 15.2. The van der Waals surface area contributed by atoms with Gasteiger partial charge in [0.2, 0.25) is 0 Å². The molecule has 0 bridgehead atoms. The van der Waals surface area contributed by atoms with Crippen molar-refractivity contribution in [3.63, 3.8) is 0 Å². The predicted octanol–water partition coefficient (Wildman–Crippen LogP) is 1.64. The van der Waals surface area contributed by atoms with Crippen LogP contribution in [0.2, 0.25) is 5.02 Å². The second-order valence-corrected chi connectivity index (χ2v) is 5.35. The molecule has 1 aliphatic rings. The van der Waals surface area contributed by atoms with Crippen molar-refractivity contribution in [1.82, 2.24) is 15.5 Å². The van der Waals surface area contributed by atoms with Gasteiger partial charge in [0.15, 0.2) is 11.6 Å². The van der Waals surface area contributed by atoms with Crippen LogP contribution in [0, 0.1) is 11.6 Å². The van der Waals surface area contributed by atoms with Gasteiger partial charge in [0.25, 0.3) is 5.91 Å². The van der Waals surface area contributed by atoms with E-state index in [-0.39, 0.29) is 10.6 Å². The summed E-state index contributed by atoms with van der Waals surface area (Å²) >= 11 is 5.75. The highest BCUT2D eigenvalue weighted by Gasteiger charge is 2.15. The number of rotatable bonds is 5. The van der Waals surface area contributed by atoms with Gasteiger partial charge in [0.1, 0.15) is 0 Å². The summed E-state index contributed by atoms with van der Waals surface area (Å²) in [6.07, 6.45) is 0.799. The van der Waals surface area contributed by atoms with E-state index in [9.17, 15) is 13.6 Å². The van der Waals surface area contributed by atoms with Gasteiger partial charge in [-0.15, -0.1) is 0 Å². The monoisotopic (exact) mass is 317 g/mol. The molecule has 1 amide bonds. The molecule has 0 radical (unpaired) electrons. The van der Waals surface area contributed by atoms with E-state index in [1.54, 1.807) is 0 Å². The predicted molar refractivity (Wildman–Crippen MR) is 77.6 cm³/mol. The molecule has 0 spiro atoms. The Kier molecular flexibility index (Phi) is 5.90. The van der Waals surface area contributed by atoms with Crippen molar-refractivity contribution in [3.8, 4) is 0 Å². The van der Waals surface area contributed by atoms with E-state index in [2.05, 4.69) is 15.5 Å². The van der Waals surface area contributed by atoms with Crippen LogP contribution in [0.3, 0.4) is 0 Å². The van der Waals surface area contributed by atoms with Gasteiger partial charge in [-0.05, 0) is 25.1 Å². The fraction of sp³-hybridized carbons (Fsp3) is 0.500. The highest BCUT2D eigenvalue weighted by atomic mass is 35.5. The van der Waals surface area contributed by atoms with Gasteiger partial charge in [0.05, 0.1) is 10.6 Å².